The van der Waals surface area contributed by atoms with E-state index < -0.39 is 0 Å². The van der Waals surface area contributed by atoms with Crippen molar-refractivity contribution < 1.29 is 4.39 Å². The summed E-state index contributed by atoms with van der Waals surface area (Å²) in [5, 5.41) is 3.44. The first-order chi connectivity index (χ1) is 6.70. The monoisotopic (exact) mass is 193 g/mol. The van der Waals surface area contributed by atoms with E-state index >= 15 is 0 Å². The maximum Gasteiger partial charge on any atom is 0.123 e. The number of rotatable bonds is 1. The molecule has 1 aromatic carbocycles. The molecular weight excluding hydrogens is 177 g/mol. The van der Waals surface area contributed by atoms with Crippen LogP contribution in [-0.4, -0.2) is 6.04 Å². The minimum atomic E-state index is -0.132. The van der Waals surface area contributed by atoms with Crippen LogP contribution in [0.15, 0.2) is 18.2 Å². The molecule has 14 heavy (non-hydrogen) atoms. The van der Waals surface area contributed by atoms with Gasteiger partial charge in [0.15, 0.2) is 0 Å². The zero-order valence-corrected chi connectivity index (χ0v) is 8.68. The van der Waals surface area contributed by atoms with Crippen molar-refractivity contribution in [3.63, 3.8) is 0 Å². The van der Waals surface area contributed by atoms with Gasteiger partial charge in [-0.1, -0.05) is 13.8 Å². The van der Waals surface area contributed by atoms with Crippen molar-refractivity contribution >= 4 is 5.69 Å². The molecule has 0 saturated carbocycles. The maximum absolute atomic E-state index is 13.0. The lowest BCUT2D eigenvalue weighted by Crippen LogP contribution is -2.26. The standard InChI is InChI=1S/C12H16FN/c1-3-10-6-8(2)11-7-9(13)4-5-12(11)14-10/h4-5,7-8,10,14H,3,6H2,1-2H3/t8-,10+/m0/s1. The average molecular weight is 193 g/mol. The summed E-state index contributed by atoms with van der Waals surface area (Å²) in [7, 11) is 0. The molecule has 1 nitrogen and oxygen atoms in total. The number of halogens is 1. The van der Waals surface area contributed by atoms with Gasteiger partial charge in [-0.05, 0) is 42.5 Å². The molecule has 0 saturated heterocycles. The van der Waals surface area contributed by atoms with Gasteiger partial charge in [-0.3, -0.25) is 0 Å². The van der Waals surface area contributed by atoms with Gasteiger partial charge in [0.05, 0.1) is 0 Å². The largest absolute Gasteiger partial charge is 0.382 e. The molecule has 0 unspecified atom stereocenters. The van der Waals surface area contributed by atoms with Crippen molar-refractivity contribution in [3.8, 4) is 0 Å². The predicted octanol–water partition coefficient (Wildman–Crippen LogP) is 3.52. The fourth-order valence-electron chi connectivity index (χ4n) is 2.17. The number of benzene rings is 1. The quantitative estimate of drug-likeness (QED) is 0.719. The molecule has 1 aromatic rings. The van der Waals surface area contributed by atoms with Crippen LogP contribution in [0, 0.1) is 5.82 Å². The van der Waals surface area contributed by atoms with Crippen LogP contribution in [0.3, 0.4) is 0 Å². The van der Waals surface area contributed by atoms with E-state index in [9.17, 15) is 4.39 Å². The van der Waals surface area contributed by atoms with Crippen LogP contribution in [-0.2, 0) is 0 Å². The lowest BCUT2D eigenvalue weighted by Gasteiger charge is -2.30. The third-order valence-electron chi connectivity index (χ3n) is 3.04. The summed E-state index contributed by atoms with van der Waals surface area (Å²) in [4.78, 5) is 0. The van der Waals surface area contributed by atoms with E-state index in [4.69, 9.17) is 0 Å². The first-order valence-corrected chi connectivity index (χ1v) is 5.26. The zero-order chi connectivity index (χ0) is 10.1. The molecule has 1 N–H and O–H groups in total. The van der Waals surface area contributed by atoms with E-state index in [0.29, 0.717) is 12.0 Å². The van der Waals surface area contributed by atoms with Crippen LogP contribution in [0.25, 0.3) is 0 Å². The SMILES string of the molecule is CC[C@@H]1C[C@H](C)c2cc(F)ccc2N1. The summed E-state index contributed by atoms with van der Waals surface area (Å²) in [6.07, 6.45) is 2.23. The third kappa shape index (κ3) is 1.61. The lowest BCUT2D eigenvalue weighted by atomic mass is 9.87. The second-order valence-corrected chi connectivity index (χ2v) is 4.12. The molecule has 1 aliphatic rings. The highest BCUT2D eigenvalue weighted by Crippen LogP contribution is 2.34. The Bertz CT molecular complexity index is 335. The highest BCUT2D eigenvalue weighted by molar-refractivity contribution is 5.55. The molecule has 0 spiro atoms. The van der Waals surface area contributed by atoms with Crippen molar-refractivity contribution in [2.75, 3.05) is 5.32 Å². The van der Waals surface area contributed by atoms with Crippen molar-refractivity contribution in [1.82, 2.24) is 0 Å². The molecule has 1 heterocycles. The molecule has 1 aliphatic heterocycles. The highest BCUT2D eigenvalue weighted by Gasteiger charge is 2.22. The first kappa shape index (κ1) is 9.50. The number of hydrogen-bond donors (Lipinski definition) is 1. The van der Waals surface area contributed by atoms with Gasteiger partial charge in [-0.25, -0.2) is 4.39 Å². The van der Waals surface area contributed by atoms with Gasteiger partial charge in [-0.2, -0.15) is 0 Å². The van der Waals surface area contributed by atoms with Gasteiger partial charge in [-0.15, -0.1) is 0 Å². The molecule has 0 fully saturated rings. The summed E-state index contributed by atoms with van der Waals surface area (Å²) >= 11 is 0. The summed E-state index contributed by atoms with van der Waals surface area (Å²) in [6, 6.07) is 5.57. The average Bonchev–Trinajstić information content (AvgIpc) is 2.19. The van der Waals surface area contributed by atoms with Crippen LogP contribution in [0.1, 0.15) is 38.2 Å². The third-order valence-corrected chi connectivity index (χ3v) is 3.04. The summed E-state index contributed by atoms with van der Waals surface area (Å²) in [6.45, 7) is 4.35. The maximum atomic E-state index is 13.0. The smallest absolute Gasteiger partial charge is 0.123 e. The Morgan fingerprint density at radius 1 is 1.50 bits per heavy atom. The van der Waals surface area contributed by atoms with Gasteiger partial charge in [0.2, 0.25) is 0 Å². The molecule has 2 rings (SSSR count). The van der Waals surface area contributed by atoms with Gasteiger partial charge in [0, 0.05) is 11.7 Å². The lowest BCUT2D eigenvalue weighted by molar-refractivity contribution is 0.540. The summed E-state index contributed by atoms with van der Waals surface area (Å²) in [5.41, 5.74) is 2.23. The number of hydrogen-bond acceptors (Lipinski definition) is 1. The molecule has 2 heteroatoms. The Morgan fingerprint density at radius 2 is 2.29 bits per heavy atom. The molecule has 0 aliphatic carbocycles. The minimum absolute atomic E-state index is 0.132. The van der Waals surface area contributed by atoms with Gasteiger partial charge in [0.25, 0.3) is 0 Å². The van der Waals surface area contributed by atoms with Crippen LogP contribution in [0.5, 0.6) is 0 Å². The Kier molecular flexibility index (Phi) is 2.44. The highest BCUT2D eigenvalue weighted by atomic mass is 19.1. The van der Waals surface area contributed by atoms with E-state index in [2.05, 4.69) is 19.2 Å². The van der Waals surface area contributed by atoms with E-state index in [-0.39, 0.29) is 5.82 Å². The second-order valence-electron chi connectivity index (χ2n) is 4.12. The molecule has 2 atom stereocenters. The van der Waals surface area contributed by atoms with Crippen LogP contribution in [0.2, 0.25) is 0 Å². The molecule has 76 valence electrons. The number of anilines is 1. The number of fused-ring (bicyclic) bond motifs is 1. The Hall–Kier alpha value is -1.05. The first-order valence-electron chi connectivity index (χ1n) is 5.26. The van der Waals surface area contributed by atoms with E-state index in [1.807, 2.05) is 6.07 Å². The van der Waals surface area contributed by atoms with Crippen molar-refractivity contribution in [2.24, 2.45) is 0 Å². The fourth-order valence-corrected chi connectivity index (χ4v) is 2.17. The molecule has 0 amide bonds. The minimum Gasteiger partial charge on any atom is -0.382 e. The van der Waals surface area contributed by atoms with E-state index in [1.165, 1.54) is 6.07 Å². The Morgan fingerprint density at radius 3 is 3.00 bits per heavy atom. The van der Waals surface area contributed by atoms with Crippen molar-refractivity contribution in [3.05, 3.63) is 29.6 Å². The zero-order valence-electron chi connectivity index (χ0n) is 8.68. The van der Waals surface area contributed by atoms with E-state index in [1.54, 1.807) is 6.07 Å². The van der Waals surface area contributed by atoms with Crippen LogP contribution >= 0.6 is 0 Å². The molecular formula is C12H16FN. The molecule has 0 aromatic heterocycles. The molecule has 0 bridgehead atoms. The van der Waals surface area contributed by atoms with Crippen molar-refractivity contribution in [1.29, 1.82) is 0 Å². The van der Waals surface area contributed by atoms with E-state index in [0.717, 1.165) is 24.1 Å². The second kappa shape index (κ2) is 3.60. The van der Waals surface area contributed by atoms with Crippen LogP contribution < -0.4 is 5.32 Å². The van der Waals surface area contributed by atoms with Crippen LogP contribution in [0.4, 0.5) is 10.1 Å². The van der Waals surface area contributed by atoms with Gasteiger partial charge < -0.3 is 5.32 Å². The Labute approximate surface area is 84.3 Å². The number of nitrogens with one attached hydrogen (secondary N) is 1. The Balaban J connectivity index is 2.35. The van der Waals surface area contributed by atoms with Gasteiger partial charge in [0.1, 0.15) is 5.82 Å². The van der Waals surface area contributed by atoms with Gasteiger partial charge >= 0.3 is 0 Å². The normalized spacial score (nSPS) is 25.4. The summed E-state index contributed by atoms with van der Waals surface area (Å²) in [5.74, 6) is 0.333. The predicted molar refractivity (Wildman–Crippen MR) is 57.1 cm³/mol. The van der Waals surface area contributed by atoms with Crippen molar-refractivity contribution in [2.45, 2.75) is 38.6 Å². The topological polar surface area (TPSA) is 12.0 Å². The summed E-state index contributed by atoms with van der Waals surface area (Å²) < 4.78 is 13.0. The molecule has 0 radical (unpaired) electrons. The fraction of sp³-hybridized carbons (Fsp3) is 0.500.